The Labute approximate surface area is 146 Å². The first-order valence-corrected chi connectivity index (χ1v) is 8.60. The van der Waals surface area contributed by atoms with Crippen molar-refractivity contribution in [3.05, 3.63) is 78.1 Å². The molecule has 0 saturated carbocycles. The van der Waals surface area contributed by atoms with E-state index in [1.165, 1.54) is 10.4 Å². The Balaban J connectivity index is 1.41. The standard InChI is InChI=1S/C20H20N4O/c25-20(19-14-21-24(22-19)18-9-5-2-6-10-18)23-12-11-17(15-23)13-16-7-3-1-4-8-16/h1-10,14,17H,11-13,15H2. The zero-order chi connectivity index (χ0) is 17.1. The van der Waals surface area contributed by atoms with Crippen molar-refractivity contribution in [2.75, 3.05) is 13.1 Å². The summed E-state index contributed by atoms with van der Waals surface area (Å²) < 4.78 is 0. The van der Waals surface area contributed by atoms with Gasteiger partial charge >= 0.3 is 0 Å². The molecule has 5 nitrogen and oxygen atoms in total. The van der Waals surface area contributed by atoms with Crippen LogP contribution < -0.4 is 0 Å². The van der Waals surface area contributed by atoms with Crippen molar-refractivity contribution in [3.8, 4) is 5.69 Å². The Morgan fingerprint density at radius 2 is 1.76 bits per heavy atom. The van der Waals surface area contributed by atoms with E-state index in [0.717, 1.165) is 31.6 Å². The summed E-state index contributed by atoms with van der Waals surface area (Å²) in [5.74, 6) is 0.480. The third kappa shape index (κ3) is 3.45. The molecule has 1 unspecified atom stereocenters. The third-order valence-corrected chi connectivity index (χ3v) is 4.64. The number of benzene rings is 2. The molecule has 4 rings (SSSR count). The molecule has 25 heavy (non-hydrogen) atoms. The number of nitrogens with zero attached hydrogens (tertiary/aromatic N) is 4. The normalized spacial score (nSPS) is 17.0. The van der Waals surface area contributed by atoms with E-state index >= 15 is 0 Å². The Kier molecular flexibility index (Phi) is 4.29. The topological polar surface area (TPSA) is 51.0 Å². The van der Waals surface area contributed by atoms with Crippen molar-refractivity contribution in [3.63, 3.8) is 0 Å². The van der Waals surface area contributed by atoms with Gasteiger partial charge in [-0.05, 0) is 36.5 Å². The maximum absolute atomic E-state index is 12.7. The van der Waals surface area contributed by atoms with E-state index < -0.39 is 0 Å². The van der Waals surface area contributed by atoms with Crippen LogP contribution in [-0.2, 0) is 6.42 Å². The molecule has 3 aromatic rings. The van der Waals surface area contributed by atoms with Gasteiger partial charge in [-0.3, -0.25) is 4.79 Å². The van der Waals surface area contributed by atoms with Crippen LogP contribution in [0.25, 0.3) is 5.69 Å². The van der Waals surface area contributed by atoms with Crippen LogP contribution in [0, 0.1) is 5.92 Å². The second-order valence-corrected chi connectivity index (χ2v) is 6.45. The van der Waals surface area contributed by atoms with Gasteiger partial charge in [0.05, 0.1) is 11.9 Å². The SMILES string of the molecule is O=C(c1cnn(-c2ccccc2)n1)N1CCC(Cc2ccccc2)C1. The molecule has 2 heterocycles. The van der Waals surface area contributed by atoms with Crippen LogP contribution in [-0.4, -0.2) is 38.9 Å². The third-order valence-electron chi connectivity index (χ3n) is 4.64. The number of likely N-dealkylation sites (tertiary alicyclic amines) is 1. The van der Waals surface area contributed by atoms with Crippen molar-refractivity contribution in [2.24, 2.45) is 5.92 Å². The van der Waals surface area contributed by atoms with Crippen molar-refractivity contribution in [1.82, 2.24) is 19.9 Å². The monoisotopic (exact) mass is 332 g/mol. The van der Waals surface area contributed by atoms with Crippen LogP contribution in [0.2, 0.25) is 0 Å². The number of amides is 1. The van der Waals surface area contributed by atoms with Crippen LogP contribution in [0.5, 0.6) is 0 Å². The van der Waals surface area contributed by atoms with E-state index in [9.17, 15) is 4.79 Å². The van der Waals surface area contributed by atoms with Crippen LogP contribution in [0.15, 0.2) is 66.9 Å². The van der Waals surface area contributed by atoms with Gasteiger partial charge in [0, 0.05) is 13.1 Å². The molecule has 0 aliphatic carbocycles. The highest BCUT2D eigenvalue weighted by atomic mass is 16.2. The molecule has 1 aliphatic heterocycles. The van der Waals surface area contributed by atoms with E-state index in [-0.39, 0.29) is 5.91 Å². The molecule has 0 spiro atoms. The minimum atomic E-state index is -0.0299. The van der Waals surface area contributed by atoms with Crippen LogP contribution in [0.4, 0.5) is 0 Å². The maximum atomic E-state index is 12.7. The number of aromatic nitrogens is 3. The Hall–Kier alpha value is -2.95. The van der Waals surface area contributed by atoms with Gasteiger partial charge in [-0.15, -0.1) is 5.10 Å². The van der Waals surface area contributed by atoms with E-state index in [4.69, 9.17) is 0 Å². The molecule has 1 fully saturated rings. The summed E-state index contributed by atoms with van der Waals surface area (Å²) in [6, 6.07) is 20.1. The van der Waals surface area contributed by atoms with Crippen LogP contribution >= 0.6 is 0 Å². The number of hydrogen-bond donors (Lipinski definition) is 0. The van der Waals surface area contributed by atoms with Crippen molar-refractivity contribution < 1.29 is 4.79 Å². The summed E-state index contributed by atoms with van der Waals surface area (Å²) in [5, 5.41) is 8.57. The highest BCUT2D eigenvalue weighted by molar-refractivity contribution is 5.92. The molecule has 1 amide bonds. The minimum absolute atomic E-state index is 0.0299. The van der Waals surface area contributed by atoms with Gasteiger partial charge in [0.25, 0.3) is 5.91 Å². The van der Waals surface area contributed by atoms with Gasteiger partial charge in [0.1, 0.15) is 0 Å². The lowest BCUT2D eigenvalue weighted by atomic mass is 9.99. The Morgan fingerprint density at radius 3 is 2.52 bits per heavy atom. The molecule has 1 saturated heterocycles. The molecule has 126 valence electrons. The van der Waals surface area contributed by atoms with E-state index in [1.807, 2.05) is 41.3 Å². The average molecular weight is 332 g/mol. The van der Waals surface area contributed by atoms with Crippen molar-refractivity contribution in [1.29, 1.82) is 0 Å². The molecule has 0 N–H and O–H groups in total. The van der Waals surface area contributed by atoms with E-state index in [0.29, 0.717) is 11.6 Å². The van der Waals surface area contributed by atoms with Crippen molar-refractivity contribution in [2.45, 2.75) is 12.8 Å². The molecule has 1 aliphatic rings. The molecular weight excluding hydrogens is 312 g/mol. The summed E-state index contributed by atoms with van der Waals surface area (Å²) in [7, 11) is 0. The second-order valence-electron chi connectivity index (χ2n) is 6.45. The molecular formula is C20H20N4O. The predicted octanol–water partition coefficient (Wildman–Crippen LogP) is 2.97. The largest absolute Gasteiger partial charge is 0.337 e. The lowest BCUT2D eigenvalue weighted by molar-refractivity contribution is 0.0781. The summed E-state index contributed by atoms with van der Waals surface area (Å²) in [5.41, 5.74) is 2.59. The van der Waals surface area contributed by atoms with E-state index in [1.54, 1.807) is 6.20 Å². The molecule has 1 aromatic heterocycles. The van der Waals surface area contributed by atoms with Crippen LogP contribution in [0.3, 0.4) is 0 Å². The molecule has 2 aromatic carbocycles. The first kappa shape index (κ1) is 15.6. The lowest BCUT2D eigenvalue weighted by Gasteiger charge is -2.15. The molecule has 0 bridgehead atoms. The van der Waals surface area contributed by atoms with Gasteiger partial charge in [-0.1, -0.05) is 48.5 Å². The first-order valence-electron chi connectivity index (χ1n) is 8.60. The number of para-hydroxylation sites is 1. The van der Waals surface area contributed by atoms with Gasteiger partial charge in [-0.2, -0.15) is 9.90 Å². The van der Waals surface area contributed by atoms with Crippen molar-refractivity contribution >= 4 is 5.91 Å². The Bertz CT molecular complexity index is 844. The van der Waals surface area contributed by atoms with Gasteiger partial charge < -0.3 is 4.90 Å². The second kappa shape index (κ2) is 6.89. The summed E-state index contributed by atoms with van der Waals surface area (Å²) in [6.45, 7) is 1.57. The quantitative estimate of drug-likeness (QED) is 0.738. The first-order chi connectivity index (χ1) is 12.3. The highest BCUT2D eigenvalue weighted by Crippen LogP contribution is 2.22. The van der Waals surface area contributed by atoms with E-state index in [2.05, 4.69) is 34.5 Å². The summed E-state index contributed by atoms with van der Waals surface area (Å²) in [6.07, 6.45) is 3.61. The zero-order valence-corrected chi connectivity index (χ0v) is 14.0. The summed E-state index contributed by atoms with van der Waals surface area (Å²) in [4.78, 5) is 16.1. The number of carbonyl (C=O) groups is 1. The fourth-order valence-corrected chi connectivity index (χ4v) is 3.34. The minimum Gasteiger partial charge on any atom is -0.337 e. The number of hydrogen-bond acceptors (Lipinski definition) is 3. The van der Waals surface area contributed by atoms with Gasteiger partial charge in [-0.25, -0.2) is 0 Å². The smallest absolute Gasteiger partial charge is 0.276 e. The fraction of sp³-hybridized carbons (Fsp3) is 0.250. The lowest BCUT2D eigenvalue weighted by Crippen LogP contribution is -2.29. The zero-order valence-electron chi connectivity index (χ0n) is 14.0. The van der Waals surface area contributed by atoms with Crippen LogP contribution in [0.1, 0.15) is 22.5 Å². The predicted molar refractivity (Wildman–Crippen MR) is 95.5 cm³/mol. The molecule has 0 radical (unpaired) electrons. The highest BCUT2D eigenvalue weighted by Gasteiger charge is 2.28. The molecule has 5 heteroatoms. The fourth-order valence-electron chi connectivity index (χ4n) is 3.34. The molecule has 1 atom stereocenters. The summed E-state index contributed by atoms with van der Waals surface area (Å²) >= 11 is 0. The van der Waals surface area contributed by atoms with Gasteiger partial charge in [0.15, 0.2) is 5.69 Å². The Morgan fingerprint density at radius 1 is 1.04 bits per heavy atom. The van der Waals surface area contributed by atoms with Gasteiger partial charge in [0.2, 0.25) is 0 Å². The number of rotatable bonds is 4. The average Bonchev–Trinajstić information content (AvgIpc) is 3.33. The maximum Gasteiger partial charge on any atom is 0.276 e. The number of carbonyl (C=O) groups excluding carboxylic acids is 1.